The smallest absolute Gasteiger partial charge is 0.307 e. The van der Waals surface area contributed by atoms with Crippen LogP contribution in [0, 0.1) is 23.7 Å². The third kappa shape index (κ3) is 3.56. The fourth-order valence-electron chi connectivity index (χ4n) is 4.05. The number of ether oxygens (including phenoxy) is 1. The summed E-state index contributed by atoms with van der Waals surface area (Å²) < 4.78 is 5.73. The highest BCUT2D eigenvalue weighted by atomic mass is 16.5. The monoisotopic (exact) mass is 364 g/mol. The molecule has 1 heterocycles. The molecule has 1 aromatic heterocycles. The summed E-state index contributed by atoms with van der Waals surface area (Å²) in [5.41, 5.74) is 1.40. The van der Waals surface area contributed by atoms with Crippen molar-refractivity contribution in [1.29, 1.82) is 0 Å². The van der Waals surface area contributed by atoms with E-state index in [0.29, 0.717) is 18.0 Å². The molecule has 6 nitrogen and oxygen atoms in total. The number of nitrogens with one attached hydrogen (secondary N) is 1. The molecule has 2 N–H and O–H groups in total. The Bertz CT molecular complexity index is 881. The molecule has 2 bridgehead atoms. The van der Waals surface area contributed by atoms with Gasteiger partial charge in [-0.3, -0.25) is 14.6 Å². The molecule has 4 rings (SSSR count). The van der Waals surface area contributed by atoms with Crippen molar-refractivity contribution >= 4 is 17.6 Å². The first-order valence-electron chi connectivity index (χ1n) is 8.96. The molecule has 0 radical (unpaired) electrons. The summed E-state index contributed by atoms with van der Waals surface area (Å²) >= 11 is 0. The van der Waals surface area contributed by atoms with Crippen molar-refractivity contribution < 1.29 is 19.4 Å². The Labute approximate surface area is 156 Å². The van der Waals surface area contributed by atoms with E-state index in [4.69, 9.17) is 4.74 Å². The summed E-state index contributed by atoms with van der Waals surface area (Å²) in [7, 11) is 0. The van der Waals surface area contributed by atoms with E-state index in [2.05, 4.69) is 10.3 Å². The number of hydrogen-bond donors (Lipinski definition) is 2. The van der Waals surface area contributed by atoms with Crippen LogP contribution in [-0.2, 0) is 16.2 Å². The SMILES string of the molecule is O=C(O)[C@@H]1[C@H](C(=O)Nc2cccc(OCc3ccccn3)c2)[C@H]2C=C[C@H]1C2. The van der Waals surface area contributed by atoms with Crippen molar-refractivity contribution in [2.24, 2.45) is 23.7 Å². The molecule has 1 amide bonds. The Morgan fingerprint density at radius 3 is 2.67 bits per heavy atom. The second kappa shape index (κ2) is 7.23. The first-order valence-corrected chi connectivity index (χ1v) is 8.96. The second-order valence-electron chi connectivity index (χ2n) is 6.96. The Hall–Kier alpha value is -3.15. The number of pyridine rings is 1. The van der Waals surface area contributed by atoms with Gasteiger partial charge in [-0.05, 0) is 42.5 Å². The maximum Gasteiger partial charge on any atom is 0.307 e. The van der Waals surface area contributed by atoms with Crippen LogP contribution in [0.1, 0.15) is 12.1 Å². The lowest BCUT2D eigenvalue weighted by Crippen LogP contribution is -2.36. The number of aliphatic carboxylic acids is 1. The number of anilines is 1. The van der Waals surface area contributed by atoms with Gasteiger partial charge in [0.25, 0.3) is 0 Å². The van der Waals surface area contributed by atoms with E-state index in [9.17, 15) is 14.7 Å². The molecule has 1 aromatic carbocycles. The van der Waals surface area contributed by atoms with Gasteiger partial charge in [0.05, 0.1) is 17.5 Å². The molecule has 138 valence electrons. The van der Waals surface area contributed by atoms with Gasteiger partial charge in [-0.25, -0.2) is 0 Å². The number of carboxylic acid groups (broad SMARTS) is 1. The normalized spacial score (nSPS) is 25.3. The van der Waals surface area contributed by atoms with E-state index < -0.39 is 17.8 Å². The van der Waals surface area contributed by atoms with Gasteiger partial charge in [0.2, 0.25) is 5.91 Å². The van der Waals surface area contributed by atoms with Crippen molar-refractivity contribution in [3.05, 3.63) is 66.5 Å². The van der Waals surface area contributed by atoms with Crippen LogP contribution in [0.5, 0.6) is 5.75 Å². The lowest BCUT2D eigenvalue weighted by molar-refractivity contribution is -0.146. The van der Waals surface area contributed by atoms with Gasteiger partial charge >= 0.3 is 5.97 Å². The Morgan fingerprint density at radius 1 is 1.11 bits per heavy atom. The van der Waals surface area contributed by atoms with Crippen LogP contribution >= 0.6 is 0 Å². The van der Waals surface area contributed by atoms with Crippen LogP contribution in [0.4, 0.5) is 5.69 Å². The highest BCUT2D eigenvalue weighted by Crippen LogP contribution is 2.48. The fourth-order valence-corrected chi connectivity index (χ4v) is 4.05. The fraction of sp³-hybridized carbons (Fsp3) is 0.286. The molecule has 6 heteroatoms. The highest BCUT2D eigenvalue weighted by molar-refractivity contribution is 5.96. The number of benzene rings is 1. The first-order chi connectivity index (χ1) is 13.1. The topological polar surface area (TPSA) is 88.5 Å². The van der Waals surface area contributed by atoms with Gasteiger partial charge in [0, 0.05) is 18.0 Å². The zero-order valence-corrected chi connectivity index (χ0v) is 14.6. The lowest BCUT2D eigenvalue weighted by atomic mass is 9.82. The summed E-state index contributed by atoms with van der Waals surface area (Å²) in [6, 6.07) is 12.7. The summed E-state index contributed by atoms with van der Waals surface area (Å²) in [6.07, 6.45) is 6.35. The van der Waals surface area contributed by atoms with Gasteiger partial charge < -0.3 is 15.2 Å². The molecule has 2 aromatic rings. The molecule has 1 fully saturated rings. The van der Waals surface area contributed by atoms with Gasteiger partial charge in [-0.1, -0.05) is 24.3 Å². The van der Waals surface area contributed by atoms with E-state index in [1.165, 1.54) is 0 Å². The molecule has 0 saturated heterocycles. The van der Waals surface area contributed by atoms with Crippen molar-refractivity contribution in [1.82, 2.24) is 4.98 Å². The first kappa shape index (κ1) is 17.3. The van der Waals surface area contributed by atoms with Crippen LogP contribution in [0.3, 0.4) is 0 Å². The maximum atomic E-state index is 12.8. The molecular weight excluding hydrogens is 344 g/mol. The average molecular weight is 364 g/mol. The highest BCUT2D eigenvalue weighted by Gasteiger charge is 2.51. The Balaban J connectivity index is 1.43. The summed E-state index contributed by atoms with van der Waals surface area (Å²) in [6.45, 7) is 0.330. The second-order valence-corrected chi connectivity index (χ2v) is 6.96. The maximum absolute atomic E-state index is 12.8. The van der Waals surface area contributed by atoms with Crippen LogP contribution in [0.25, 0.3) is 0 Å². The predicted octanol–water partition coefficient (Wildman–Crippen LogP) is 3.12. The van der Waals surface area contributed by atoms with Gasteiger partial charge in [0.15, 0.2) is 0 Å². The lowest BCUT2D eigenvalue weighted by Gasteiger charge is -2.24. The van der Waals surface area contributed by atoms with Crippen LogP contribution in [0.15, 0.2) is 60.8 Å². The standard InChI is InChI=1S/C21H20N2O4/c24-20(18-13-7-8-14(10-13)19(18)21(25)26)23-15-5-3-6-17(11-15)27-12-16-4-1-2-9-22-16/h1-9,11,13-14,18-19H,10,12H2,(H,23,24)(H,25,26)/t13-,14-,18+,19-/m0/s1. The Morgan fingerprint density at radius 2 is 1.93 bits per heavy atom. The number of carbonyl (C=O) groups excluding carboxylic acids is 1. The molecule has 1 saturated carbocycles. The van der Waals surface area contributed by atoms with Crippen LogP contribution < -0.4 is 10.1 Å². The largest absolute Gasteiger partial charge is 0.487 e. The van der Waals surface area contributed by atoms with E-state index >= 15 is 0 Å². The average Bonchev–Trinajstić information content (AvgIpc) is 3.29. The number of carbonyl (C=O) groups is 2. The van der Waals surface area contributed by atoms with E-state index in [0.717, 1.165) is 12.1 Å². The molecule has 0 unspecified atom stereocenters. The van der Waals surface area contributed by atoms with Crippen LogP contribution in [0.2, 0.25) is 0 Å². The molecule has 27 heavy (non-hydrogen) atoms. The van der Waals surface area contributed by atoms with E-state index in [1.54, 1.807) is 30.5 Å². The van der Waals surface area contributed by atoms with Gasteiger partial charge in [0.1, 0.15) is 12.4 Å². The number of carboxylic acids is 1. The summed E-state index contributed by atoms with van der Waals surface area (Å²) in [4.78, 5) is 28.6. The summed E-state index contributed by atoms with van der Waals surface area (Å²) in [5.74, 6) is -1.77. The molecule has 2 aliphatic rings. The number of fused-ring (bicyclic) bond motifs is 2. The zero-order chi connectivity index (χ0) is 18.8. The predicted molar refractivity (Wildman–Crippen MR) is 99.0 cm³/mol. The van der Waals surface area contributed by atoms with Gasteiger partial charge in [-0.15, -0.1) is 0 Å². The third-order valence-electron chi connectivity index (χ3n) is 5.26. The van der Waals surface area contributed by atoms with Crippen molar-refractivity contribution in [2.45, 2.75) is 13.0 Å². The number of amides is 1. The van der Waals surface area contributed by atoms with E-state index in [-0.39, 0.29) is 17.7 Å². The van der Waals surface area contributed by atoms with Gasteiger partial charge in [-0.2, -0.15) is 0 Å². The number of nitrogens with zero attached hydrogens (tertiary/aromatic N) is 1. The Kier molecular flexibility index (Phi) is 4.62. The van der Waals surface area contributed by atoms with E-state index in [1.807, 2.05) is 30.4 Å². The molecule has 0 spiro atoms. The molecule has 4 atom stereocenters. The number of rotatable bonds is 6. The van der Waals surface area contributed by atoms with Crippen LogP contribution in [-0.4, -0.2) is 22.0 Å². The molecule has 2 aliphatic carbocycles. The minimum atomic E-state index is -0.903. The van der Waals surface area contributed by atoms with Crippen molar-refractivity contribution in [2.75, 3.05) is 5.32 Å². The van der Waals surface area contributed by atoms with Crippen molar-refractivity contribution in [3.63, 3.8) is 0 Å². The quantitative estimate of drug-likeness (QED) is 0.769. The number of hydrogen-bond acceptors (Lipinski definition) is 4. The molecule has 0 aliphatic heterocycles. The zero-order valence-electron chi connectivity index (χ0n) is 14.6. The van der Waals surface area contributed by atoms with Crippen molar-refractivity contribution in [3.8, 4) is 5.75 Å². The minimum absolute atomic E-state index is 0.000289. The minimum Gasteiger partial charge on any atom is -0.487 e. The number of aromatic nitrogens is 1. The number of allylic oxidation sites excluding steroid dienone is 2. The third-order valence-corrected chi connectivity index (χ3v) is 5.26. The molecular formula is C21H20N2O4. The summed E-state index contributed by atoms with van der Waals surface area (Å²) in [5, 5.41) is 12.4.